The maximum absolute atomic E-state index is 12.8. The second kappa shape index (κ2) is 11.3. The van der Waals surface area contributed by atoms with Crippen LogP contribution in [-0.2, 0) is 4.74 Å². The highest BCUT2D eigenvalue weighted by atomic mass is 19.1. The molecule has 8 heteroatoms. The Morgan fingerprint density at radius 1 is 1.30 bits per heavy atom. The average Bonchev–Trinajstić information content (AvgIpc) is 2.69. The third-order valence-corrected chi connectivity index (χ3v) is 4.28. The van der Waals surface area contributed by atoms with E-state index in [-0.39, 0.29) is 18.0 Å². The first-order valence-electron chi connectivity index (χ1n) is 9.39. The van der Waals surface area contributed by atoms with Crippen molar-refractivity contribution in [2.24, 2.45) is 4.99 Å². The minimum Gasteiger partial charge on any atom is -0.494 e. The third kappa shape index (κ3) is 7.32. The number of piperidine rings is 1. The number of likely N-dealkylation sites (tertiary alicyclic amines) is 1. The molecule has 1 fully saturated rings. The summed E-state index contributed by atoms with van der Waals surface area (Å²) in [6.45, 7) is 4.82. The summed E-state index contributed by atoms with van der Waals surface area (Å²) in [4.78, 5) is 17.7. The number of aliphatic imine (C=N–C) groups is 1. The summed E-state index contributed by atoms with van der Waals surface area (Å²) in [6, 6.07) is 6.27. The summed E-state index contributed by atoms with van der Waals surface area (Å²) in [5.74, 6) is 1.13. The first kappa shape index (κ1) is 20.8. The van der Waals surface area contributed by atoms with Gasteiger partial charge in [0.15, 0.2) is 5.96 Å². The van der Waals surface area contributed by atoms with Crippen LogP contribution in [0.2, 0.25) is 0 Å². The van der Waals surface area contributed by atoms with E-state index in [1.165, 1.54) is 12.1 Å². The van der Waals surface area contributed by atoms with Gasteiger partial charge < -0.3 is 25.0 Å². The van der Waals surface area contributed by atoms with Crippen molar-refractivity contribution in [1.82, 2.24) is 15.5 Å². The number of nitrogens with zero attached hydrogens (tertiary/aromatic N) is 2. The zero-order valence-corrected chi connectivity index (χ0v) is 16.0. The molecule has 0 atom stereocenters. The maximum Gasteiger partial charge on any atom is 0.409 e. The van der Waals surface area contributed by atoms with E-state index in [4.69, 9.17) is 9.47 Å². The van der Waals surface area contributed by atoms with Gasteiger partial charge in [-0.1, -0.05) is 0 Å². The second-order valence-electron chi connectivity index (χ2n) is 6.26. The number of amides is 1. The Morgan fingerprint density at radius 3 is 2.63 bits per heavy atom. The van der Waals surface area contributed by atoms with E-state index in [2.05, 4.69) is 15.6 Å². The largest absolute Gasteiger partial charge is 0.494 e. The fraction of sp³-hybridized carbons (Fsp3) is 0.579. The van der Waals surface area contributed by atoms with Crippen LogP contribution >= 0.6 is 0 Å². The lowest BCUT2D eigenvalue weighted by molar-refractivity contribution is 0.0963. The van der Waals surface area contributed by atoms with Gasteiger partial charge >= 0.3 is 6.09 Å². The SMILES string of the molecule is CCOC(=O)N1CCC(NC(=NC)NCCCOc2ccc(F)cc2)CC1. The molecule has 0 aromatic heterocycles. The highest BCUT2D eigenvalue weighted by Gasteiger charge is 2.23. The lowest BCUT2D eigenvalue weighted by Crippen LogP contribution is -2.50. The molecule has 1 aromatic carbocycles. The van der Waals surface area contributed by atoms with Crippen LogP contribution in [0.5, 0.6) is 5.75 Å². The summed E-state index contributed by atoms with van der Waals surface area (Å²) in [5, 5.41) is 6.65. The molecule has 1 aromatic rings. The Kier molecular flexibility index (Phi) is 8.67. The van der Waals surface area contributed by atoms with Crippen LogP contribution in [0.3, 0.4) is 0 Å². The standard InChI is InChI=1S/C19H29FN4O3/c1-3-26-19(25)24-12-9-16(10-13-24)23-18(21-2)22-11-4-14-27-17-7-5-15(20)6-8-17/h5-8,16H,3-4,9-14H2,1-2H3,(H2,21,22,23). The molecule has 150 valence electrons. The average molecular weight is 380 g/mol. The molecular formula is C19H29FN4O3. The second-order valence-corrected chi connectivity index (χ2v) is 6.26. The molecule has 0 bridgehead atoms. The van der Waals surface area contributed by atoms with E-state index in [0.29, 0.717) is 38.6 Å². The van der Waals surface area contributed by atoms with Gasteiger partial charge in [0.25, 0.3) is 0 Å². The number of hydrogen-bond donors (Lipinski definition) is 2. The predicted molar refractivity (Wildman–Crippen MR) is 103 cm³/mol. The van der Waals surface area contributed by atoms with Gasteiger partial charge in [-0.05, 0) is 50.5 Å². The van der Waals surface area contributed by atoms with Gasteiger partial charge in [-0.25, -0.2) is 9.18 Å². The molecule has 0 spiro atoms. The van der Waals surface area contributed by atoms with Gasteiger partial charge in [0.2, 0.25) is 0 Å². The molecule has 0 radical (unpaired) electrons. The summed E-state index contributed by atoms with van der Waals surface area (Å²) in [5.41, 5.74) is 0. The summed E-state index contributed by atoms with van der Waals surface area (Å²) in [7, 11) is 1.73. The van der Waals surface area contributed by atoms with Crippen molar-refractivity contribution in [1.29, 1.82) is 0 Å². The summed E-state index contributed by atoms with van der Waals surface area (Å²) >= 11 is 0. The van der Waals surface area contributed by atoms with Crippen LogP contribution in [0.4, 0.5) is 9.18 Å². The van der Waals surface area contributed by atoms with Crippen molar-refractivity contribution >= 4 is 12.1 Å². The normalized spacial score (nSPS) is 15.4. The minimum absolute atomic E-state index is 0.236. The molecule has 1 saturated heterocycles. The quantitative estimate of drug-likeness (QED) is 0.432. The molecule has 2 rings (SSSR count). The first-order chi connectivity index (χ1) is 13.1. The lowest BCUT2D eigenvalue weighted by atomic mass is 10.1. The van der Waals surface area contributed by atoms with E-state index in [1.54, 1.807) is 24.1 Å². The molecule has 2 N–H and O–H groups in total. The van der Waals surface area contributed by atoms with Gasteiger partial charge in [-0.3, -0.25) is 4.99 Å². The van der Waals surface area contributed by atoms with Gasteiger partial charge in [0.1, 0.15) is 11.6 Å². The van der Waals surface area contributed by atoms with Crippen LogP contribution < -0.4 is 15.4 Å². The zero-order chi connectivity index (χ0) is 19.5. The van der Waals surface area contributed by atoms with Gasteiger partial charge in [-0.15, -0.1) is 0 Å². The number of benzene rings is 1. The van der Waals surface area contributed by atoms with Crippen molar-refractivity contribution in [2.45, 2.75) is 32.2 Å². The van der Waals surface area contributed by atoms with E-state index in [0.717, 1.165) is 25.2 Å². The molecule has 0 unspecified atom stereocenters. The highest BCUT2D eigenvalue weighted by molar-refractivity contribution is 5.80. The molecule has 1 aliphatic rings. The van der Waals surface area contributed by atoms with Crippen LogP contribution in [-0.4, -0.2) is 62.9 Å². The third-order valence-electron chi connectivity index (χ3n) is 4.28. The number of carbonyl (C=O) groups is 1. The van der Waals surface area contributed by atoms with Crippen LogP contribution in [0, 0.1) is 5.82 Å². The minimum atomic E-state index is -0.271. The first-order valence-corrected chi connectivity index (χ1v) is 9.39. The Hall–Kier alpha value is -2.51. The number of ether oxygens (including phenoxy) is 2. The predicted octanol–water partition coefficient (Wildman–Crippen LogP) is 2.38. The van der Waals surface area contributed by atoms with Crippen LogP contribution in [0.1, 0.15) is 26.2 Å². The van der Waals surface area contributed by atoms with Crippen molar-refractivity contribution in [3.8, 4) is 5.75 Å². The van der Waals surface area contributed by atoms with Crippen LogP contribution in [0.15, 0.2) is 29.3 Å². The van der Waals surface area contributed by atoms with Crippen LogP contribution in [0.25, 0.3) is 0 Å². The van der Waals surface area contributed by atoms with Gasteiger partial charge in [-0.2, -0.15) is 0 Å². The maximum atomic E-state index is 12.8. The number of rotatable bonds is 7. The molecule has 1 aliphatic heterocycles. The van der Waals surface area contributed by atoms with E-state index >= 15 is 0 Å². The number of nitrogens with one attached hydrogen (secondary N) is 2. The molecule has 7 nitrogen and oxygen atoms in total. The van der Waals surface area contributed by atoms with Gasteiger partial charge in [0.05, 0.1) is 13.2 Å². The molecule has 0 aliphatic carbocycles. The Bertz CT molecular complexity index is 601. The number of hydrogen-bond acceptors (Lipinski definition) is 4. The number of halogens is 1. The topological polar surface area (TPSA) is 75.2 Å². The molecule has 0 saturated carbocycles. The van der Waals surface area contributed by atoms with Crippen molar-refractivity contribution in [2.75, 3.05) is 39.9 Å². The number of carbonyl (C=O) groups excluding carboxylic acids is 1. The van der Waals surface area contributed by atoms with Gasteiger partial charge in [0, 0.05) is 32.7 Å². The van der Waals surface area contributed by atoms with Crippen molar-refractivity contribution in [3.05, 3.63) is 30.1 Å². The highest BCUT2D eigenvalue weighted by Crippen LogP contribution is 2.12. The van der Waals surface area contributed by atoms with E-state index in [1.807, 2.05) is 6.92 Å². The van der Waals surface area contributed by atoms with Crippen molar-refractivity contribution in [3.63, 3.8) is 0 Å². The Morgan fingerprint density at radius 2 is 2.00 bits per heavy atom. The van der Waals surface area contributed by atoms with E-state index in [9.17, 15) is 9.18 Å². The fourth-order valence-electron chi connectivity index (χ4n) is 2.81. The Balaban J connectivity index is 1.60. The summed E-state index contributed by atoms with van der Waals surface area (Å²) in [6.07, 6.45) is 2.26. The molecular weight excluding hydrogens is 351 g/mol. The fourth-order valence-corrected chi connectivity index (χ4v) is 2.81. The van der Waals surface area contributed by atoms with Crippen molar-refractivity contribution < 1.29 is 18.7 Å². The molecule has 1 heterocycles. The Labute approximate surface area is 159 Å². The summed E-state index contributed by atoms with van der Waals surface area (Å²) < 4.78 is 23.4. The lowest BCUT2D eigenvalue weighted by Gasteiger charge is -2.32. The zero-order valence-electron chi connectivity index (χ0n) is 16.0. The monoisotopic (exact) mass is 380 g/mol. The molecule has 1 amide bonds. The molecule has 27 heavy (non-hydrogen) atoms. The smallest absolute Gasteiger partial charge is 0.409 e. The van der Waals surface area contributed by atoms with E-state index < -0.39 is 0 Å². The number of guanidine groups is 1.